The first kappa shape index (κ1) is 15.4. The van der Waals surface area contributed by atoms with Crippen LogP contribution in [0.2, 0.25) is 0 Å². The number of alkyl carbamates (subject to hydrolysis) is 1. The van der Waals surface area contributed by atoms with Gasteiger partial charge in [0.25, 0.3) is 0 Å². The Labute approximate surface area is 114 Å². The summed E-state index contributed by atoms with van der Waals surface area (Å²) in [4.78, 5) is 19.4. The number of ether oxygens (including phenoxy) is 1. The highest BCUT2D eigenvalue weighted by molar-refractivity contribution is 5.67. The van der Waals surface area contributed by atoms with E-state index in [1.165, 1.54) is 6.33 Å². The molecule has 0 spiro atoms. The van der Waals surface area contributed by atoms with E-state index in [0.29, 0.717) is 13.1 Å². The van der Waals surface area contributed by atoms with E-state index in [1.54, 1.807) is 6.20 Å². The molecule has 0 radical (unpaired) electrons. The van der Waals surface area contributed by atoms with Gasteiger partial charge in [-0.05, 0) is 33.8 Å². The molecule has 0 aliphatic heterocycles. The second-order valence-corrected chi connectivity index (χ2v) is 5.37. The minimum Gasteiger partial charge on any atom is -0.444 e. The fraction of sp³-hybridized carbons (Fsp3) is 0.615. The van der Waals surface area contributed by atoms with Crippen molar-refractivity contribution in [3.05, 3.63) is 24.3 Å². The minimum atomic E-state index is -0.471. The third-order valence-corrected chi connectivity index (χ3v) is 2.23. The second-order valence-electron chi connectivity index (χ2n) is 5.37. The van der Waals surface area contributed by atoms with Crippen LogP contribution in [0.3, 0.4) is 0 Å². The van der Waals surface area contributed by atoms with Crippen molar-refractivity contribution in [1.82, 2.24) is 20.6 Å². The van der Waals surface area contributed by atoms with Crippen molar-refractivity contribution in [1.29, 1.82) is 0 Å². The molecule has 0 aromatic carbocycles. The van der Waals surface area contributed by atoms with Crippen molar-refractivity contribution in [2.24, 2.45) is 0 Å². The summed E-state index contributed by atoms with van der Waals surface area (Å²) in [6.07, 6.45) is 2.82. The van der Waals surface area contributed by atoms with Crippen LogP contribution in [0.15, 0.2) is 18.6 Å². The van der Waals surface area contributed by atoms with Gasteiger partial charge in [-0.15, -0.1) is 0 Å². The molecule has 0 bridgehead atoms. The number of amides is 1. The summed E-state index contributed by atoms with van der Waals surface area (Å²) in [6, 6.07) is 1.98. The predicted molar refractivity (Wildman–Crippen MR) is 72.6 cm³/mol. The van der Waals surface area contributed by atoms with Gasteiger partial charge in [-0.25, -0.2) is 14.8 Å². The maximum Gasteiger partial charge on any atom is 0.407 e. The van der Waals surface area contributed by atoms with E-state index in [4.69, 9.17) is 4.74 Å². The fourth-order valence-electron chi connectivity index (χ4n) is 1.32. The van der Waals surface area contributed by atoms with Gasteiger partial charge < -0.3 is 15.4 Å². The zero-order valence-corrected chi connectivity index (χ0v) is 11.9. The smallest absolute Gasteiger partial charge is 0.407 e. The maximum absolute atomic E-state index is 11.5. The number of carbonyl (C=O) groups excluding carboxylic acids is 1. The van der Waals surface area contributed by atoms with Gasteiger partial charge in [0.05, 0.1) is 5.69 Å². The first-order valence-corrected chi connectivity index (χ1v) is 6.32. The Kier molecular flexibility index (Phi) is 5.69. The van der Waals surface area contributed by atoms with Gasteiger partial charge in [0.1, 0.15) is 11.9 Å². The van der Waals surface area contributed by atoms with Gasteiger partial charge in [-0.1, -0.05) is 0 Å². The molecule has 0 saturated heterocycles. The molecule has 2 N–H and O–H groups in total. The zero-order chi connectivity index (χ0) is 14.3. The van der Waals surface area contributed by atoms with Gasteiger partial charge in [0, 0.05) is 25.3 Å². The number of nitrogens with zero attached hydrogens (tertiary/aromatic N) is 2. The van der Waals surface area contributed by atoms with Crippen LogP contribution in [0.25, 0.3) is 0 Å². The van der Waals surface area contributed by atoms with Crippen LogP contribution in [-0.4, -0.2) is 34.2 Å². The van der Waals surface area contributed by atoms with Crippen LogP contribution in [0.1, 0.15) is 33.4 Å². The summed E-state index contributed by atoms with van der Waals surface area (Å²) >= 11 is 0. The standard InChI is InChI=1S/C13H22N4O2/c1-10(7-16-12(18)19-13(2,3)4)15-8-11-5-6-14-9-17-11/h5-6,9-10,15H,7-8H2,1-4H3,(H,16,18). The normalized spacial score (nSPS) is 12.8. The van der Waals surface area contributed by atoms with E-state index in [2.05, 4.69) is 20.6 Å². The zero-order valence-electron chi connectivity index (χ0n) is 11.9. The Balaban J connectivity index is 2.21. The van der Waals surface area contributed by atoms with Crippen molar-refractivity contribution in [2.45, 2.75) is 45.9 Å². The van der Waals surface area contributed by atoms with Crippen LogP contribution < -0.4 is 10.6 Å². The number of aromatic nitrogens is 2. The number of hydrogen-bond donors (Lipinski definition) is 2. The van der Waals surface area contributed by atoms with E-state index in [0.717, 1.165) is 5.69 Å². The first-order valence-electron chi connectivity index (χ1n) is 6.32. The molecule has 1 amide bonds. The van der Waals surface area contributed by atoms with E-state index < -0.39 is 11.7 Å². The van der Waals surface area contributed by atoms with Gasteiger partial charge in [0.2, 0.25) is 0 Å². The predicted octanol–water partition coefficient (Wildman–Crippen LogP) is 1.48. The van der Waals surface area contributed by atoms with E-state index in [1.807, 2.05) is 33.8 Å². The third kappa shape index (κ3) is 7.35. The Morgan fingerprint density at radius 2 is 2.21 bits per heavy atom. The van der Waals surface area contributed by atoms with E-state index >= 15 is 0 Å². The molecule has 106 valence electrons. The van der Waals surface area contributed by atoms with Crippen molar-refractivity contribution in [3.63, 3.8) is 0 Å². The molecule has 6 nitrogen and oxygen atoms in total. The summed E-state index contributed by atoms with van der Waals surface area (Å²) in [7, 11) is 0. The van der Waals surface area contributed by atoms with E-state index in [9.17, 15) is 4.79 Å². The molecule has 6 heteroatoms. The monoisotopic (exact) mass is 266 g/mol. The average Bonchev–Trinajstić information content (AvgIpc) is 2.33. The molecule has 0 aliphatic carbocycles. The number of rotatable bonds is 5. The summed E-state index contributed by atoms with van der Waals surface area (Å²) in [5.74, 6) is 0. The first-order chi connectivity index (χ1) is 8.87. The lowest BCUT2D eigenvalue weighted by Crippen LogP contribution is -2.41. The summed E-state index contributed by atoms with van der Waals surface area (Å²) in [5, 5.41) is 5.98. The molecule has 0 fully saturated rings. The van der Waals surface area contributed by atoms with Crippen molar-refractivity contribution >= 4 is 6.09 Å². The molecule has 1 aromatic heterocycles. The van der Waals surface area contributed by atoms with E-state index in [-0.39, 0.29) is 6.04 Å². The van der Waals surface area contributed by atoms with Crippen LogP contribution in [0.4, 0.5) is 4.79 Å². The summed E-state index contributed by atoms with van der Waals surface area (Å²) in [5.41, 5.74) is 0.445. The Hall–Kier alpha value is -1.69. The topological polar surface area (TPSA) is 76.1 Å². The lowest BCUT2D eigenvalue weighted by atomic mass is 10.2. The number of carbonyl (C=O) groups is 1. The highest BCUT2D eigenvalue weighted by atomic mass is 16.6. The highest BCUT2D eigenvalue weighted by Crippen LogP contribution is 2.06. The largest absolute Gasteiger partial charge is 0.444 e. The molecule has 1 atom stereocenters. The number of hydrogen-bond acceptors (Lipinski definition) is 5. The SMILES string of the molecule is CC(CNC(=O)OC(C)(C)C)NCc1ccncn1. The average molecular weight is 266 g/mol. The fourth-order valence-corrected chi connectivity index (χ4v) is 1.32. The number of nitrogens with one attached hydrogen (secondary N) is 2. The van der Waals surface area contributed by atoms with Crippen LogP contribution in [0, 0.1) is 0 Å². The second kappa shape index (κ2) is 7.04. The van der Waals surface area contributed by atoms with Crippen LogP contribution in [-0.2, 0) is 11.3 Å². The van der Waals surface area contributed by atoms with Gasteiger partial charge in [-0.3, -0.25) is 0 Å². The molecular weight excluding hydrogens is 244 g/mol. The quantitative estimate of drug-likeness (QED) is 0.844. The maximum atomic E-state index is 11.5. The van der Waals surface area contributed by atoms with Crippen molar-refractivity contribution < 1.29 is 9.53 Å². The molecule has 19 heavy (non-hydrogen) atoms. The van der Waals surface area contributed by atoms with Crippen molar-refractivity contribution in [2.75, 3.05) is 6.54 Å². The van der Waals surface area contributed by atoms with Gasteiger partial charge >= 0.3 is 6.09 Å². The molecule has 1 aromatic rings. The van der Waals surface area contributed by atoms with Crippen LogP contribution >= 0.6 is 0 Å². The Bertz CT molecular complexity index is 389. The molecular formula is C13H22N4O2. The lowest BCUT2D eigenvalue weighted by Gasteiger charge is -2.21. The van der Waals surface area contributed by atoms with Gasteiger partial charge in [-0.2, -0.15) is 0 Å². The molecule has 1 heterocycles. The Morgan fingerprint density at radius 3 is 2.79 bits per heavy atom. The molecule has 0 aliphatic rings. The summed E-state index contributed by atoms with van der Waals surface area (Å²) < 4.78 is 5.15. The molecule has 0 saturated carbocycles. The Morgan fingerprint density at radius 1 is 1.47 bits per heavy atom. The third-order valence-electron chi connectivity index (χ3n) is 2.23. The molecule has 1 rings (SSSR count). The summed E-state index contributed by atoms with van der Waals surface area (Å²) in [6.45, 7) is 8.63. The minimum absolute atomic E-state index is 0.127. The van der Waals surface area contributed by atoms with Gasteiger partial charge in [0.15, 0.2) is 0 Å². The molecule has 1 unspecified atom stereocenters. The van der Waals surface area contributed by atoms with Crippen molar-refractivity contribution in [3.8, 4) is 0 Å². The highest BCUT2D eigenvalue weighted by Gasteiger charge is 2.16. The van der Waals surface area contributed by atoms with Crippen LogP contribution in [0.5, 0.6) is 0 Å². The lowest BCUT2D eigenvalue weighted by molar-refractivity contribution is 0.0523.